The number of carbonyl (C=O) groups excluding carboxylic acids is 1. The van der Waals surface area contributed by atoms with Crippen LogP contribution in [0.2, 0.25) is 0 Å². The molecule has 1 aromatic carbocycles. The second-order valence-corrected chi connectivity index (χ2v) is 6.98. The van der Waals surface area contributed by atoms with Crippen LogP contribution >= 0.6 is 0 Å². The van der Waals surface area contributed by atoms with Crippen LogP contribution in [0.15, 0.2) is 60.9 Å². The first-order valence-electron chi connectivity index (χ1n) is 9.59. The molecule has 0 saturated heterocycles. The summed E-state index contributed by atoms with van der Waals surface area (Å²) < 4.78 is 32.5. The third-order valence-corrected chi connectivity index (χ3v) is 4.55. The first kappa shape index (κ1) is 22.7. The fourth-order valence-electron chi connectivity index (χ4n) is 3.01. The Kier molecular flexibility index (Phi) is 6.67. The summed E-state index contributed by atoms with van der Waals surface area (Å²) in [6, 6.07) is 15.7. The number of anilines is 1. The van der Waals surface area contributed by atoms with Crippen LogP contribution < -0.4 is 11.1 Å². The maximum atomic E-state index is 11.9. The minimum Gasteiger partial charge on any atom is -0.505 e. The number of H-pyrrole nitrogens is 1. The van der Waals surface area contributed by atoms with Crippen LogP contribution in [0.5, 0.6) is 0 Å². The predicted molar refractivity (Wildman–Crippen MR) is 118 cm³/mol. The van der Waals surface area contributed by atoms with Gasteiger partial charge in [-0.1, -0.05) is 43.0 Å². The molecule has 0 bridgehead atoms. The monoisotopic (exact) mass is 442 g/mol. The van der Waals surface area contributed by atoms with Crippen molar-refractivity contribution < 1.29 is 23.1 Å². The van der Waals surface area contributed by atoms with Crippen molar-refractivity contribution >= 4 is 23.9 Å². The zero-order valence-electron chi connectivity index (χ0n) is 16.9. The van der Waals surface area contributed by atoms with Crippen LogP contribution in [0.25, 0.3) is 23.4 Å². The first-order valence-corrected chi connectivity index (χ1v) is 9.59. The number of aliphatic hydroxyl groups is 1. The van der Waals surface area contributed by atoms with E-state index in [1.54, 1.807) is 0 Å². The number of pyridine rings is 1. The molecular formula is C23H21F3N4O2. The van der Waals surface area contributed by atoms with Crippen molar-refractivity contribution in [2.75, 3.05) is 12.3 Å². The average Bonchev–Trinajstić information content (AvgIpc) is 3.18. The number of carbonyl (C=O) groups is 1. The summed E-state index contributed by atoms with van der Waals surface area (Å²) in [6.07, 6.45) is 0.103. The van der Waals surface area contributed by atoms with Crippen LogP contribution in [-0.2, 0) is 6.42 Å². The number of nitrogens with two attached hydrogens (primary N) is 1. The summed E-state index contributed by atoms with van der Waals surface area (Å²) in [5.41, 5.74) is 11.3. The molecule has 0 fully saturated rings. The van der Waals surface area contributed by atoms with Gasteiger partial charge in [0, 0.05) is 29.9 Å². The highest BCUT2D eigenvalue weighted by molar-refractivity contribution is 5.97. The normalized spacial score (nSPS) is 13.2. The van der Waals surface area contributed by atoms with E-state index in [1.165, 1.54) is 0 Å². The zero-order chi connectivity index (χ0) is 23.3. The fraction of sp³-hybridized carbons (Fsp3) is 0.130. The molecule has 0 unspecified atom stereocenters. The minimum absolute atomic E-state index is 0.0324. The van der Waals surface area contributed by atoms with Crippen molar-refractivity contribution in [3.8, 4) is 11.3 Å². The lowest BCUT2D eigenvalue weighted by Gasteiger charge is -2.10. The van der Waals surface area contributed by atoms with Crippen LogP contribution in [0.3, 0.4) is 0 Å². The average molecular weight is 442 g/mol. The molecular weight excluding hydrogens is 421 g/mol. The Morgan fingerprint density at radius 1 is 1.16 bits per heavy atom. The number of hydrogen-bond donors (Lipinski definition) is 4. The highest BCUT2D eigenvalue weighted by Gasteiger charge is 2.31. The molecule has 0 aliphatic carbocycles. The summed E-state index contributed by atoms with van der Waals surface area (Å²) in [5.74, 6) is -1.34. The summed E-state index contributed by atoms with van der Waals surface area (Å²) >= 11 is 0. The maximum Gasteiger partial charge on any atom is 0.448 e. The summed E-state index contributed by atoms with van der Waals surface area (Å²) in [4.78, 5) is 19.7. The molecule has 32 heavy (non-hydrogen) atoms. The maximum absolute atomic E-state index is 11.9. The highest BCUT2D eigenvalue weighted by atomic mass is 19.4. The molecule has 1 aliphatic heterocycles. The second-order valence-electron chi connectivity index (χ2n) is 6.98. The number of hydrogen-bond acceptors (Lipinski definition) is 4. The number of aromatic amines is 1. The molecule has 3 heterocycles. The Balaban J connectivity index is 0.000000360. The number of fused-ring (bicyclic) bond motifs is 1. The number of aliphatic hydroxyl groups excluding tert-OH is 1. The van der Waals surface area contributed by atoms with Gasteiger partial charge in [0.25, 0.3) is 5.91 Å². The number of aromatic nitrogens is 2. The molecule has 4 rings (SSSR count). The van der Waals surface area contributed by atoms with Gasteiger partial charge in [-0.2, -0.15) is 13.2 Å². The number of amides is 1. The lowest BCUT2D eigenvalue weighted by Crippen LogP contribution is -2.31. The van der Waals surface area contributed by atoms with Gasteiger partial charge in [-0.15, -0.1) is 0 Å². The van der Waals surface area contributed by atoms with E-state index in [2.05, 4.69) is 21.9 Å². The molecule has 2 aromatic heterocycles. The summed E-state index contributed by atoms with van der Waals surface area (Å²) in [5, 5.41) is 10.4. The smallest absolute Gasteiger partial charge is 0.448 e. The molecule has 0 saturated carbocycles. The molecule has 6 nitrogen and oxygen atoms in total. The van der Waals surface area contributed by atoms with E-state index in [1.807, 2.05) is 60.7 Å². The van der Waals surface area contributed by atoms with Gasteiger partial charge in [0.2, 0.25) is 0 Å². The van der Waals surface area contributed by atoms with Crippen LogP contribution in [0, 0.1) is 0 Å². The zero-order valence-corrected chi connectivity index (χ0v) is 16.9. The molecule has 0 radical (unpaired) electrons. The van der Waals surface area contributed by atoms with E-state index in [4.69, 9.17) is 10.8 Å². The minimum atomic E-state index is -4.64. The third kappa shape index (κ3) is 5.78. The Bertz CT molecular complexity index is 1150. The Labute approximate surface area is 182 Å². The highest BCUT2D eigenvalue weighted by Crippen LogP contribution is 2.26. The van der Waals surface area contributed by atoms with Crippen molar-refractivity contribution in [3.05, 3.63) is 83.4 Å². The first-order chi connectivity index (χ1) is 15.1. The Morgan fingerprint density at radius 2 is 1.84 bits per heavy atom. The topological polar surface area (TPSA) is 104 Å². The van der Waals surface area contributed by atoms with Crippen molar-refractivity contribution in [1.29, 1.82) is 0 Å². The van der Waals surface area contributed by atoms with Gasteiger partial charge in [-0.25, -0.2) is 4.98 Å². The molecule has 1 amide bonds. The van der Waals surface area contributed by atoms with E-state index in [9.17, 15) is 18.0 Å². The summed E-state index contributed by atoms with van der Waals surface area (Å²) in [7, 11) is 0. The van der Waals surface area contributed by atoms with E-state index in [-0.39, 0.29) is 5.91 Å². The molecule has 0 spiro atoms. The number of nitrogen functional groups attached to an aromatic ring is 1. The Hall–Kier alpha value is -4.01. The van der Waals surface area contributed by atoms with Gasteiger partial charge >= 0.3 is 6.18 Å². The van der Waals surface area contributed by atoms with Crippen molar-refractivity contribution in [2.45, 2.75) is 12.6 Å². The fourth-order valence-corrected chi connectivity index (χ4v) is 3.01. The van der Waals surface area contributed by atoms with Crippen molar-refractivity contribution in [2.24, 2.45) is 0 Å². The van der Waals surface area contributed by atoms with Gasteiger partial charge in [0.05, 0.1) is 11.3 Å². The SMILES string of the molecule is C=C(O)C(F)(F)F.Nc1cc(-c2cc3c([nH]2)CCNC3=O)cc(/C=C/c2ccccc2)n1. The number of nitrogens with zero attached hydrogens (tertiary/aromatic N) is 1. The number of rotatable bonds is 3. The van der Waals surface area contributed by atoms with Gasteiger partial charge < -0.3 is 21.1 Å². The molecule has 166 valence electrons. The van der Waals surface area contributed by atoms with E-state index >= 15 is 0 Å². The van der Waals surface area contributed by atoms with Crippen LogP contribution in [0.4, 0.5) is 19.0 Å². The quantitative estimate of drug-likeness (QED) is 0.440. The molecule has 5 N–H and O–H groups in total. The third-order valence-electron chi connectivity index (χ3n) is 4.55. The van der Waals surface area contributed by atoms with E-state index < -0.39 is 11.9 Å². The number of halogens is 3. The van der Waals surface area contributed by atoms with Gasteiger partial charge in [0.1, 0.15) is 5.82 Å². The summed E-state index contributed by atoms with van der Waals surface area (Å²) in [6.45, 7) is 2.92. The number of benzene rings is 1. The van der Waals surface area contributed by atoms with E-state index in [0.29, 0.717) is 17.9 Å². The molecule has 0 atom stereocenters. The van der Waals surface area contributed by atoms with Gasteiger partial charge in [-0.3, -0.25) is 4.79 Å². The lowest BCUT2D eigenvalue weighted by atomic mass is 10.1. The molecule has 1 aliphatic rings. The second kappa shape index (κ2) is 9.42. The number of allylic oxidation sites excluding steroid dienone is 1. The largest absolute Gasteiger partial charge is 0.505 e. The van der Waals surface area contributed by atoms with Crippen molar-refractivity contribution in [1.82, 2.24) is 15.3 Å². The molecule has 3 aromatic rings. The predicted octanol–water partition coefficient (Wildman–Crippen LogP) is 4.74. The van der Waals surface area contributed by atoms with Crippen molar-refractivity contribution in [3.63, 3.8) is 0 Å². The Morgan fingerprint density at radius 3 is 2.47 bits per heavy atom. The van der Waals surface area contributed by atoms with Crippen LogP contribution in [-0.4, -0.2) is 33.7 Å². The van der Waals surface area contributed by atoms with E-state index in [0.717, 1.165) is 34.6 Å². The number of alkyl halides is 3. The van der Waals surface area contributed by atoms with Gasteiger partial charge in [-0.05, 0) is 29.8 Å². The lowest BCUT2D eigenvalue weighted by molar-refractivity contribution is -0.119. The van der Waals surface area contributed by atoms with Crippen LogP contribution in [0.1, 0.15) is 27.3 Å². The molecule has 9 heteroatoms. The standard InChI is InChI=1S/C20H18N4O.C3H3F3O/c21-19-11-14(18-12-16-17(24-18)8-9-22-20(16)25)10-15(23-19)7-6-13-4-2-1-3-5-13;1-2(7)3(4,5)6/h1-7,10-12,24H,8-9H2,(H2,21,23)(H,22,25);7H,1H2/b7-6+;. The number of nitrogens with one attached hydrogen (secondary N) is 2. The van der Waals surface area contributed by atoms with Gasteiger partial charge in [0.15, 0.2) is 5.76 Å².